The fourth-order valence-electron chi connectivity index (χ4n) is 2.63. The molecule has 0 radical (unpaired) electrons. The van der Waals surface area contributed by atoms with Crippen LogP contribution in [-0.4, -0.2) is 128 Å². The first-order valence-corrected chi connectivity index (χ1v) is 8.68. The van der Waals surface area contributed by atoms with Crippen LogP contribution >= 0.6 is 0 Å². The number of carbonyl (C=O) groups is 5. The highest BCUT2D eigenvalue weighted by molar-refractivity contribution is 5.72. The maximum atomic E-state index is 11.1. The fourth-order valence-corrected chi connectivity index (χ4v) is 2.63. The average molecular weight is 421 g/mol. The number of rotatable bonds is 17. The molecule has 0 heterocycles. The van der Waals surface area contributed by atoms with Gasteiger partial charge in [0.05, 0.1) is 32.6 Å². The van der Waals surface area contributed by atoms with Gasteiger partial charge in [-0.2, -0.15) is 0 Å². The maximum absolute atomic E-state index is 11.1. The molecule has 1 atom stereocenters. The first-order valence-electron chi connectivity index (χ1n) is 8.68. The quantitative estimate of drug-likeness (QED) is 0.175. The van der Waals surface area contributed by atoms with Crippen LogP contribution in [0.4, 0.5) is 0 Å². The molecule has 0 amide bonds. The highest BCUT2D eigenvalue weighted by Crippen LogP contribution is 2.04. The molecule has 0 aromatic heterocycles. The number of nitrogens with zero attached hydrogens (tertiary/aromatic N) is 3. The number of carboxylic acid groups (broad SMARTS) is 5. The summed E-state index contributed by atoms with van der Waals surface area (Å²) in [7, 11) is 0. The summed E-state index contributed by atoms with van der Waals surface area (Å²) >= 11 is 0. The molecule has 0 rings (SSSR count). The molecule has 0 bridgehead atoms. The molecule has 0 aliphatic rings. The van der Waals surface area contributed by atoms with E-state index in [0.717, 1.165) is 0 Å². The first-order chi connectivity index (χ1) is 13.4. The molecule has 13 nitrogen and oxygen atoms in total. The van der Waals surface area contributed by atoms with E-state index in [4.69, 9.17) is 25.5 Å². The Kier molecular flexibility index (Phi) is 12.1. The van der Waals surface area contributed by atoms with Crippen LogP contribution < -0.4 is 0 Å². The Morgan fingerprint density at radius 2 is 1.03 bits per heavy atom. The zero-order chi connectivity index (χ0) is 22.6. The third kappa shape index (κ3) is 14.0. The molecule has 0 aliphatic carbocycles. The summed E-state index contributed by atoms with van der Waals surface area (Å²) < 4.78 is 0. The van der Waals surface area contributed by atoms with Gasteiger partial charge in [-0.3, -0.25) is 38.7 Å². The summed E-state index contributed by atoms with van der Waals surface area (Å²) in [5, 5.41) is 44.6. The van der Waals surface area contributed by atoms with Crippen molar-refractivity contribution in [3.8, 4) is 0 Å². The molecule has 0 aromatic rings. The normalized spacial score (nSPS) is 12.3. The van der Waals surface area contributed by atoms with Crippen molar-refractivity contribution in [2.45, 2.75) is 19.4 Å². The number of aliphatic carboxylic acids is 5. The van der Waals surface area contributed by atoms with Gasteiger partial charge in [0.2, 0.25) is 0 Å². The summed E-state index contributed by atoms with van der Waals surface area (Å²) in [6.07, 6.45) is -0.284. The van der Waals surface area contributed by atoms with Crippen LogP contribution in [0.15, 0.2) is 0 Å². The van der Waals surface area contributed by atoms with E-state index in [1.54, 1.807) is 6.92 Å². The Hall–Kier alpha value is -2.77. The van der Waals surface area contributed by atoms with Gasteiger partial charge < -0.3 is 25.5 Å². The largest absolute Gasteiger partial charge is 0.481 e. The monoisotopic (exact) mass is 421 g/mol. The number of carboxylic acids is 5. The van der Waals surface area contributed by atoms with E-state index in [2.05, 4.69) is 0 Å². The summed E-state index contributed by atoms with van der Waals surface area (Å²) in [6, 6.07) is -0.617. The standard InChI is InChI=1S/C16H27N3O10/c1-11(19(9-15(26)27)10-16(28)29)6-18(8-14(24)25)5-4-17(7-13(22)23)3-2-12(20)21/h11H,2-10H2,1H3,(H,20,21)(H,22,23)(H,24,25)(H,26,27)(H,28,29). The topological polar surface area (TPSA) is 196 Å². The Morgan fingerprint density at radius 1 is 0.621 bits per heavy atom. The van der Waals surface area contributed by atoms with Crippen LogP contribution in [0.1, 0.15) is 13.3 Å². The number of hydrogen-bond donors (Lipinski definition) is 5. The summed E-state index contributed by atoms with van der Waals surface area (Å²) in [6.45, 7) is -0.271. The van der Waals surface area contributed by atoms with Gasteiger partial charge in [-0.15, -0.1) is 0 Å². The molecule has 5 N–H and O–H groups in total. The van der Waals surface area contributed by atoms with Gasteiger partial charge in [-0.05, 0) is 6.92 Å². The minimum atomic E-state index is -1.23. The SMILES string of the molecule is CC(CN(CCN(CCC(=O)O)CC(=O)O)CC(=O)O)N(CC(=O)O)CC(=O)O. The van der Waals surface area contributed by atoms with E-state index in [1.807, 2.05) is 0 Å². The van der Waals surface area contributed by atoms with Crippen molar-refractivity contribution in [1.29, 1.82) is 0 Å². The Balaban J connectivity index is 5.08. The van der Waals surface area contributed by atoms with Crippen LogP contribution in [0.5, 0.6) is 0 Å². The first kappa shape index (κ1) is 26.2. The van der Waals surface area contributed by atoms with Gasteiger partial charge in [0.1, 0.15) is 0 Å². The van der Waals surface area contributed by atoms with Gasteiger partial charge in [0.15, 0.2) is 0 Å². The molecule has 0 fully saturated rings. The maximum Gasteiger partial charge on any atom is 0.317 e. The molecule has 0 saturated heterocycles. The van der Waals surface area contributed by atoms with Crippen molar-refractivity contribution in [1.82, 2.24) is 14.7 Å². The predicted molar refractivity (Wildman–Crippen MR) is 96.7 cm³/mol. The minimum Gasteiger partial charge on any atom is -0.481 e. The lowest BCUT2D eigenvalue weighted by Crippen LogP contribution is -2.49. The van der Waals surface area contributed by atoms with E-state index in [9.17, 15) is 24.0 Å². The van der Waals surface area contributed by atoms with E-state index in [0.29, 0.717) is 0 Å². The van der Waals surface area contributed by atoms with E-state index < -0.39 is 62.1 Å². The summed E-state index contributed by atoms with van der Waals surface area (Å²) in [5.74, 6) is -5.90. The lowest BCUT2D eigenvalue weighted by Gasteiger charge is -2.32. The van der Waals surface area contributed by atoms with Gasteiger partial charge in [0, 0.05) is 32.2 Å². The van der Waals surface area contributed by atoms with Crippen LogP contribution in [0.2, 0.25) is 0 Å². The van der Waals surface area contributed by atoms with E-state index in [-0.39, 0.29) is 32.6 Å². The van der Waals surface area contributed by atoms with Gasteiger partial charge in [0.25, 0.3) is 0 Å². The van der Waals surface area contributed by atoms with Gasteiger partial charge >= 0.3 is 29.8 Å². The third-order valence-electron chi connectivity index (χ3n) is 3.91. The fraction of sp³-hybridized carbons (Fsp3) is 0.688. The van der Waals surface area contributed by atoms with Crippen LogP contribution in [0.25, 0.3) is 0 Å². The third-order valence-corrected chi connectivity index (χ3v) is 3.91. The van der Waals surface area contributed by atoms with Crippen LogP contribution in [0.3, 0.4) is 0 Å². The minimum absolute atomic E-state index is 0.0205. The zero-order valence-electron chi connectivity index (χ0n) is 16.1. The van der Waals surface area contributed by atoms with Crippen LogP contribution in [0, 0.1) is 0 Å². The Bertz CT molecular complexity index is 581. The summed E-state index contributed by atoms with van der Waals surface area (Å²) in [4.78, 5) is 58.6. The van der Waals surface area contributed by atoms with Crippen molar-refractivity contribution in [3.63, 3.8) is 0 Å². The number of hydrogen-bond acceptors (Lipinski definition) is 8. The van der Waals surface area contributed by atoms with Crippen molar-refractivity contribution in [2.24, 2.45) is 0 Å². The second-order valence-electron chi connectivity index (χ2n) is 6.48. The Labute approximate surface area is 166 Å². The zero-order valence-corrected chi connectivity index (χ0v) is 16.1. The molecule has 13 heteroatoms. The molecule has 29 heavy (non-hydrogen) atoms. The lowest BCUT2D eigenvalue weighted by molar-refractivity contribution is -0.144. The van der Waals surface area contributed by atoms with E-state index in [1.165, 1.54) is 14.7 Å². The molecule has 0 aromatic carbocycles. The molecule has 0 saturated carbocycles. The highest BCUT2D eigenvalue weighted by atomic mass is 16.4. The van der Waals surface area contributed by atoms with Crippen molar-refractivity contribution < 1.29 is 49.5 Å². The van der Waals surface area contributed by atoms with Crippen molar-refractivity contribution in [3.05, 3.63) is 0 Å². The molecule has 0 spiro atoms. The molecule has 0 aliphatic heterocycles. The molecule has 166 valence electrons. The van der Waals surface area contributed by atoms with Crippen molar-refractivity contribution >= 4 is 29.8 Å². The average Bonchev–Trinajstić information content (AvgIpc) is 2.54. The molecule has 1 unspecified atom stereocenters. The molecular formula is C16H27N3O10. The van der Waals surface area contributed by atoms with Gasteiger partial charge in [-0.1, -0.05) is 0 Å². The molecular weight excluding hydrogens is 394 g/mol. The highest BCUT2D eigenvalue weighted by Gasteiger charge is 2.23. The van der Waals surface area contributed by atoms with E-state index >= 15 is 0 Å². The summed E-state index contributed by atoms with van der Waals surface area (Å²) in [5.41, 5.74) is 0. The smallest absolute Gasteiger partial charge is 0.317 e. The van der Waals surface area contributed by atoms with Crippen molar-refractivity contribution in [2.75, 3.05) is 52.4 Å². The lowest BCUT2D eigenvalue weighted by atomic mass is 10.2. The van der Waals surface area contributed by atoms with Gasteiger partial charge in [-0.25, -0.2) is 0 Å². The second-order valence-corrected chi connectivity index (χ2v) is 6.48. The predicted octanol–water partition coefficient (Wildman–Crippen LogP) is -1.91. The second kappa shape index (κ2) is 13.4. The van der Waals surface area contributed by atoms with Crippen LogP contribution in [-0.2, 0) is 24.0 Å². The Morgan fingerprint density at radius 3 is 1.45 bits per heavy atom.